The second-order valence-electron chi connectivity index (χ2n) is 9.80. The van der Waals surface area contributed by atoms with Crippen molar-refractivity contribution in [1.29, 1.82) is 0 Å². The van der Waals surface area contributed by atoms with Gasteiger partial charge in [-0.25, -0.2) is 12.7 Å². The molecule has 10 heteroatoms. The fraction of sp³-hybridized carbons (Fsp3) is 0.300. The Morgan fingerprint density at radius 2 is 1.65 bits per heavy atom. The fourth-order valence-corrected chi connectivity index (χ4v) is 6.64. The predicted molar refractivity (Wildman–Crippen MR) is 156 cm³/mol. The number of nitrogens with one attached hydrogen (secondary N) is 1. The van der Waals surface area contributed by atoms with Gasteiger partial charge in [0.2, 0.25) is 11.8 Å². The van der Waals surface area contributed by atoms with Crippen molar-refractivity contribution in [3.63, 3.8) is 0 Å². The third-order valence-electron chi connectivity index (χ3n) is 6.95. The van der Waals surface area contributed by atoms with E-state index in [1.54, 1.807) is 12.1 Å². The summed E-state index contributed by atoms with van der Waals surface area (Å²) < 4.78 is 27.7. The zero-order chi connectivity index (χ0) is 28.9. The lowest BCUT2D eigenvalue weighted by atomic mass is 10.0. The lowest BCUT2D eigenvalue weighted by molar-refractivity contribution is -0.141. The molecule has 0 saturated heterocycles. The van der Waals surface area contributed by atoms with E-state index >= 15 is 0 Å². The molecule has 0 aromatic heterocycles. The second kappa shape index (κ2) is 12.8. The van der Waals surface area contributed by atoms with Crippen LogP contribution in [0.3, 0.4) is 0 Å². The molecule has 4 rings (SSSR count). The lowest BCUT2D eigenvalue weighted by Gasteiger charge is -2.33. The van der Waals surface area contributed by atoms with Gasteiger partial charge in [-0.05, 0) is 48.7 Å². The Morgan fingerprint density at radius 1 is 0.975 bits per heavy atom. The maximum atomic E-state index is 13.9. The molecular weight excluding hydrogens is 594 g/mol. The zero-order valence-corrected chi connectivity index (χ0v) is 24.8. The van der Waals surface area contributed by atoms with Crippen LogP contribution in [0.2, 0.25) is 0 Å². The van der Waals surface area contributed by atoms with Crippen molar-refractivity contribution in [3.05, 3.63) is 100 Å². The maximum absolute atomic E-state index is 13.9. The van der Waals surface area contributed by atoms with Crippen LogP contribution in [0.1, 0.15) is 48.2 Å². The molecule has 1 N–H and O–H groups in total. The SMILES string of the molecule is CC[C@@H](C)NC(=O)[C@@H](Cc1ccccc1)N(Cc1cccc(Br)c1)C(=O)CCN1C(=O)c2ccccc2S1(=O)=O. The van der Waals surface area contributed by atoms with Gasteiger partial charge in [-0.15, -0.1) is 0 Å². The average molecular weight is 627 g/mol. The first-order valence-electron chi connectivity index (χ1n) is 13.2. The number of hydrogen-bond acceptors (Lipinski definition) is 5. The monoisotopic (exact) mass is 625 g/mol. The quantitative estimate of drug-likeness (QED) is 0.337. The predicted octanol–water partition coefficient (Wildman–Crippen LogP) is 4.54. The first-order valence-corrected chi connectivity index (χ1v) is 15.4. The molecule has 3 aromatic carbocycles. The Bertz CT molecular complexity index is 1500. The van der Waals surface area contributed by atoms with E-state index in [1.807, 2.05) is 68.4 Å². The van der Waals surface area contributed by atoms with Crippen LogP contribution in [0.5, 0.6) is 0 Å². The largest absolute Gasteiger partial charge is 0.352 e. The Labute approximate surface area is 243 Å². The van der Waals surface area contributed by atoms with Gasteiger partial charge in [-0.2, -0.15) is 0 Å². The number of nitrogens with zero attached hydrogens (tertiary/aromatic N) is 2. The van der Waals surface area contributed by atoms with Gasteiger partial charge >= 0.3 is 0 Å². The molecule has 0 radical (unpaired) electrons. The number of halogens is 1. The van der Waals surface area contributed by atoms with Crippen LogP contribution in [-0.4, -0.2) is 54.0 Å². The third kappa shape index (κ3) is 6.62. The van der Waals surface area contributed by atoms with Gasteiger partial charge in [0.25, 0.3) is 15.9 Å². The molecule has 0 bridgehead atoms. The van der Waals surface area contributed by atoms with Crippen molar-refractivity contribution in [2.75, 3.05) is 6.54 Å². The van der Waals surface area contributed by atoms with Crippen LogP contribution >= 0.6 is 15.9 Å². The summed E-state index contributed by atoms with van der Waals surface area (Å²) in [7, 11) is -4.06. The summed E-state index contributed by atoms with van der Waals surface area (Å²) >= 11 is 3.47. The van der Waals surface area contributed by atoms with Gasteiger partial charge < -0.3 is 10.2 Å². The summed E-state index contributed by atoms with van der Waals surface area (Å²) in [5.41, 5.74) is 1.77. The molecule has 2 atom stereocenters. The van der Waals surface area contributed by atoms with Crippen LogP contribution in [0, 0.1) is 0 Å². The van der Waals surface area contributed by atoms with E-state index in [4.69, 9.17) is 0 Å². The summed E-state index contributed by atoms with van der Waals surface area (Å²) in [4.78, 5) is 41.8. The minimum Gasteiger partial charge on any atom is -0.352 e. The molecule has 3 aromatic rings. The molecule has 1 aliphatic rings. The number of fused-ring (bicyclic) bond motifs is 1. The van der Waals surface area contributed by atoms with E-state index in [0.717, 1.165) is 26.3 Å². The summed E-state index contributed by atoms with van der Waals surface area (Å²) in [5.74, 6) is -1.38. The zero-order valence-electron chi connectivity index (χ0n) is 22.4. The van der Waals surface area contributed by atoms with Crippen molar-refractivity contribution in [3.8, 4) is 0 Å². The summed E-state index contributed by atoms with van der Waals surface area (Å²) in [5, 5.41) is 3.01. The van der Waals surface area contributed by atoms with Crippen LogP contribution in [-0.2, 0) is 32.6 Å². The molecule has 8 nitrogen and oxygen atoms in total. The molecule has 0 spiro atoms. The van der Waals surface area contributed by atoms with Crippen LogP contribution < -0.4 is 5.32 Å². The Balaban J connectivity index is 1.64. The molecule has 210 valence electrons. The molecule has 0 saturated carbocycles. The molecule has 0 unspecified atom stereocenters. The number of benzene rings is 3. The minimum atomic E-state index is -4.06. The van der Waals surface area contributed by atoms with E-state index in [-0.39, 0.29) is 48.3 Å². The van der Waals surface area contributed by atoms with E-state index in [9.17, 15) is 22.8 Å². The Morgan fingerprint density at radius 3 is 2.33 bits per heavy atom. The van der Waals surface area contributed by atoms with Gasteiger partial charge in [0.1, 0.15) is 10.9 Å². The maximum Gasteiger partial charge on any atom is 0.269 e. The van der Waals surface area contributed by atoms with Crippen molar-refractivity contribution in [2.45, 2.75) is 56.6 Å². The highest BCUT2D eigenvalue weighted by Crippen LogP contribution is 2.30. The number of hydrogen-bond donors (Lipinski definition) is 1. The smallest absolute Gasteiger partial charge is 0.269 e. The van der Waals surface area contributed by atoms with Crippen LogP contribution in [0.4, 0.5) is 0 Å². The summed E-state index contributed by atoms with van der Waals surface area (Å²) in [6, 6.07) is 21.9. The van der Waals surface area contributed by atoms with Gasteiger partial charge in [0.05, 0.1) is 5.56 Å². The molecular formula is C30H32BrN3O5S. The fourth-order valence-electron chi connectivity index (χ4n) is 4.62. The van der Waals surface area contributed by atoms with E-state index in [1.165, 1.54) is 17.0 Å². The number of carbonyl (C=O) groups is 3. The van der Waals surface area contributed by atoms with Crippen molar-refractivity contribution >= 4 is 43.7 Å². The van der Waals surface area contributed by atoms with Crippen molar-refractivity contribution in [2.24, 2.45) is 0 Å². The van der Waals surface area contributed by atoms with Gasteiger partial charge in [0.15, 0.2) is 0 Å². The molecule has 1 heterocycles. The highest BCUT2D eigenvalue weighted by Gasteiger charge is 2.41. The van der Waals surface area contributed by atoms with Gasteiger partial charge in [-0.3, -0.25) is 14.4 Å². The van der Waals surface area contributed by atoms with Crippen molar-refractivity contribution in [1.82, 2.24) is 14.5 Å². The van der Waals surface area contributed by atoms with E-state index in [0.29, 0.717) is 0 Å². The molecule has 0 fully saturated rings. The van der Waals surface area contributed by atoms with Crippen LogP contribution in [0.15, 0.2) is 88.2 Å². The first-order chi connectivity index (χ1) is 19.1. The molecule has 0 aliphatic carbocycles. The topological polar surface area (TPSA) is 104 Å². The molecule has 3 amide bonds. The Kier molecular flexibility index (Phi) is 9.42. The second-order valence-corrected chi connectivity index (χ2v) is 12.5. The molecule has 40 heavy (non-hydrogen) atoms. The van der Waals surface area contributed by atoms with E-state index in [2.05, 4.69) is 21.2 Å². The summed E-state index contributed by atoms with van der Waals surface area (Å²) in [6.07, 6.45) is 0.725. The first kappa shape index (κ1) is 29.5. The normalized spacial score (nSPS) is 15.3. The highest BCUT2D eigenvalue weighted by molar-refractivity contribution is 9.10. The third-order valence-corrected chi connectivity index (χ3v) is 9.29. The minimum absolute atomic E-state index is 0.0617. The van der Waals surface area contributed by atoms with Crippen LogP contribution in [0.25, 0.3) is 0 Å². The lowest BCUT2D eigenvalue weighted by Crippen LogP contribution is -2.52. The summed E-state index contributed by atoms with van der Waals surface area (Å²) in [6.45, 7) is 3.67. The molecule has 1 aliphatic heterocycles. The highest BCUT2D eigenvalue weighted by atomic mass is 79.9. The Hall–Kier alpha value is -3.50. The standard InChI is InChI=1S/C30H32BrN3O5S/c1-3-21(2)32-29(36)26(19-22-10-5-4-6-11-22)33(20-23-12-9-13-24(31)18-23)28(35)16-17-34-30(37)25-14-7-8-15-27(25)40(34,38)39/h4-15,18,21,26H,3,16-17,19-20H2,1-2H3,(H,32,36)/t21-,26-/m1/s1. The van der Waals surface area contributed by atoms with E-state index < -0.39 is 27.9 Å². The number of rotatable bonds is 11. The van der Waals surface area contributed by atoms with Gasteiger partial charge in [-0.1, -0.05) is 77.5 Å². The number of carbonyl (C=O) groups excluding carboxylic acids is 3. The number of sulfonamides is 1. The van der Waals surface area contributed by atoms with Gasteiger partial charge in [0, 0.05) is 36.4 Å². The van der Waals surface area contributed by atoms with Crippen molar-refractivity contribution < 1.29 is 22.8 Å². The number of amides is 3. The average Bonchev–Trinajstić information content (AvgIpc) is 3.14.